The van der Waals surface area contributed by atoms with Crippen LogP contribution in [0, 0.1) is 5.92 Å². The normalized spacial score (nSPS) is 18.9. The van der Waals surface area contributed by atoms with Crippen molar-refractivity contribution >= 4 is 9.84 Å². The molecule has 118 valence electrons. The fourth-order valence-electron chi connectivity index (χ4n) is 2.83. The average Bonchev–Trinajstić information content (AvgIpc) is 2.34. The van der Waals surface area contributed by atoms with Gasteiger partial charge in [0.05, 0.1) is 7.11 Å². The zero-order valence-corrected chi connectivity index (χ0v) is 14.0. The summed E-state index contributed by atoms with van der Waals surface area (Å²) in [5.41, 5.74) is 1.05. The third kappa shape index (κ3) is 3.77. The fourth-order valence-corrected chi connectivity index (χ4v) is 3.65. The lowest BCUT2D eigenvalue weighted by Gasteiger charge is -2.34. The highest BCUT2D eigenvalue weighted by Gasteiger charge is 2.25. The van der Waals surface area contributed by atoms with Crippen LogP contribution in [0.1, 0.15) is 44.7 Å². The van der Waals surface area contributed by atoms with Gasteiger partial charge in [-0.15, -0.1) is 0 Å². The first-order chi connectivity index (χ1) is 9.82. The Labute approximate surface area is 127 Å². The molecule has 1 aromatic rings. The van der Waals surface area contributed by atoms with E-state index in [1.807, 2.05) is 12.1 Å². The molecule has 0 saturated heterocycles. The van der Waals surface area contributed by atoms with E-state index in [1.54, 1.807) is 6.07 Å². The summed E-state index contributed by atoms with van der Waals surface area (Å²) in [4.78, 5) is 0.244. The molecule has 0 aliphatic heterocycles. The third-order valence-corrected chi connectivity index (χ3v) is 5.59. The van der Waals surface area contributed by atoms with Crippen molar-refractivity contribution in [2.45, 2.75) is 50.1 Å². The first kappa shape index (κ1) is 16.3. The minimum atomic E-state index is -3.26. The molecule has 1 saturated carbocycles. The maximum atomic E-state index is 11.7. The molecule has 2 atom stereocenters. The maximum Gasteiger partial charge on any atom is 0.179 e. The SMILES string of the molecule is COc1cc([C@@H](C)N[C@@H](C)C2CCC2)ccc1S(C)(=O)=O. The van der Waals surface area contributed by atoms with Gasteiger partial charge in [-0.05, 0) is 50.3 Å². The smallest absolute Gasteiger partial charge is 0.179 e. The van der Waals surface area contributed by atoms with Crippen LogP contribution in [-0.2, 0) is 9.84 Å². The van der Waals surface area contributed by atoms with Gasteiger partial charge in [0.2, 0.25) is 0 Å². The summed E-state index contributed by atoms with van der Waals surface area (Å²) in [6.07, 6.45) is 5.14. The van der Waals surface area contributed by atoms with Crippen molar-refractivity contribution in [3.05, 3.63) is 23.8 Å². The van der Waals surface area contributed by atoms with E-state index in [4.69, 9.17) is 4.74 Å². The second-order valence-electron chi connectivity index (χ2n) is 6.05. The van der Waals surface area contributed by atoms with Crippen molar-refractivity contribution in [3.63, 3.8) is 0 Å². The van der Waals surface area contributed by atoms with Gasteiger partial charge in [-0.2, -0.15) is 0 Å². The van der Waals surface area contributed by atoms with Gasteiger partial charge in [0.1, 0.15) is 10.6 Å². The number of hydrogen-bond donors (Lipinski definition) is 1. The van der Waals surface area contributed by atoms with E-state index >= 15 is 0 Å². The van der Waals surface area contributed by atoms with Crippen molar-refractivity contribution in [1.82, 2.24) is 5.32 Å². The molecule has 4 nitrogen and oxygen atoms in total. The zero-order valence-electron chi connectivity index (χ0n) is 13.2. The Balaban J connectivity index is 2.16. The molecule has 1 aromatic carbocycles. The molecule has 1 aliphatic carbocycles. The van der Waals surface area contributed by atoms with E-state index in [-0.39, 0.29) is 10.9 Å². The summed E-state index contributed by atoms with van der Waals surface area (Å²) >= 11 is 0. The Morgan fingerprint density at radius 3 is 2.43 bits per heavy atom. The predicted octanol–water partition coefficient (Wildman–Crippen LogP) is 2.94. The molecular formula is C16H25NO3S. The summed E-state index contributed by atoms with van der Waals surface area (Å²) in [5.74, 6) is 1.18. The van der Waals surface area contributed by atoms with Crippen LogP contribution in [0.4, 0.5) is 0 Å². The van der Waals surface area contributed by atoms with Crippen LogP contribution in [0.2, 0.25) is 0 Å². The minimum absolute atomic E-state index is 0.170. The Bertz CT molecular complexity index is 594. The van der Waals surface area contributed by atoms with E-state index in [2.05, 4.69) is 19.2 Å². The molecule has 1 N–H and O–H groups in total. The number of rotatable bonds is 6. The number of hydrogen-bond acceptors (Lipinski definition) is 4. The monoisotopic (exact) mass is 311 g/mol. The summed E-state index contributed by atoms with van der Waals surface area (Å²) in [7, 11) is -1.76. The Kier molecular flexibility index (Phi) is 4.94. The molecule has 0 radical (unpaired) electrons. The highest BCUT2D eigenvalue weighted by Crippen LogP contribution is 2.32. The summed E-state index contributed by atoms with van der Waals surface area (Å²) in [6, 6.07) is 5.97. The van der Waals surface area contributed by atoms with Gasteiger partial charge in [-0.1, -0.05) is 12.5 Å². The third-order valence-electron chi connectivity index (χ3n) is 4.46. The van der Waals surface area contributed by atoms with Gasteiger partial charge in [0.15, 0.2) is 9.84 Å². The first-order valence-corrected chi connectivity index (χ1v) is 9.36. The second-order valence-corrected chi connectivity index (χ2v) is 8.03. The van der Waals surface area contributed by atoms with Crippen LogP contribution >= 0.6 is 0 Å². The van der Waals surface area contributed by atoms with Gasteiger partial charge in [0, 0.05) is 18.3 Å². The molecule has 1 aliphatic rings. The molecule has 5 heteroatoms. The van der Waals surface area contributed by atoms with E-state index in [1.165, 1.54) is 32.6 Å². The van der Waals surface area contributed by atoms with Gasteiger partial charge >= 0.3 is 0 Å². The van der Waals surface area contributed by atoms with Crippen molar-refractivity contribution in [3.8, 4) is 5.75 Å². The van der Waals surface area contributed by atoms with Crippen molar-refractivity contribution < 1.29 is 13.2 Å². The lowest BCUT2D eigenvalue weighted by atomic mass is 9.80. The van der Waals surface area contributed by atoms with Crippen LogP contribution in [0.5, 0.6) is 5.75 Å². The number of benzene rings is 1. The molecule has 1 fully saturated rings. The molecule has 0 spiro atoms. The topological polar surface area (TPSA) is 55.4 Å². The molecule has 21 heavy (non-hydrogen) atoms. The van der Waals surface area contributed by atoms with Crippen LogP contribution in [0.25, 0.3) is 0 Å². The standard InChI is InChI=1S/C16H25NO3S/c1-11(13-6-5-7-13)17-12(2)14-8-9-16(21(4,18)19)15(10-14)20-3/h8-13,17H,5-7H2,1-4H3/t11-,12+/m0/s1. The molecule has 0 heterocycles. The predicted molar refractivity (Wildman–Crippen MR) is 84.5 cm³/mol. The van der Waals surface area contributed by atoms with Gasteiger partial charge in [0.25, 0.3) is 0 Å². The fraction of sp³-hybridized carbons (Fsp3) is 0.625. The van der Waals surface area contributed by atoms with Crippen molar-refractivity contribution in [2.24, 2.45) is 5.92 Å². The summed E-state index contributed by atoms with van der Waals surface area (Å²) in [6.45, 7) is 4.33. The second kappa shape index (κ2) is 6.36. The summed E-state index contributed by atoms with van der Waals surface area (Å²) in [5, 5.41) is 3.60. The van der Waals surface area contributed by atoms with E-state index < -0.39 is 9.84 Å². The molecular weight excluding hydrogens is 286 g/mol. The quantitative estimate of drug-likeness (QED) is 0.877. The van der Waals surface area contributed by atoms with E-state index in [0.29, 0.717) is 11.8 Å². The van der Waals surface area contributed by atoms with Crippen LogP contribution in [0.3, 0.4) is 0 Å². The van der Waals surface area contributed by atoms with Crippen molar-refractivity contribution in [2.75, 3.05) is 13.4 Å². The molecule has 0 unspecified atom stereocenters. The van der Waals surface area contributed by atoms with E-state index in [9.17, 15) is 8.42 Å². The van der Waals surface area contributed by atoms with E-state index in [0.717, 1.165) is 11.5 Å². The zero-order chi connectivity index (χ0) is 15.6. The molecule has 2 rings (SSSR count). The number of sulfone groups is 1. The molecule has 0 amide bonds. The van der Waals surface area contributed by atoms with Crippen LogP contribution in [0.15, 0.2) is 23.1 Å². The number of methoxy groups -OCH3 is 1. The maximum absolute atomic E-state index is 11.7. The highest BCUT2D eigenvalue weighted by atomic mass is 32.2. The minimum Gasteiger partial charge on any atom is -0.495 e. The average molecular weight is 311 g/mol. The number of nitrogens with one attached hydrogen (secondary N) is 1. The lowest BCUT2D eigenvalue weighted by molar-refractivity contribution is 0.229. The van der Waals surface area contributed by atoms with Gasteiger partial charge in [-0.25, -0.2) is 8.42 Å². The highest BCUT2D eigenvalue weighted by molar-refractivity contribution is 7.90. The Morgan fingerprint density at radius 2 is 1.95 bits per heavy atom. The Hall–Kier alpha value is -1.07. The van der Waals surface area contributed by atoms with Gasteiger partial charge in [-0.3, -0.25) is 0 Å². The number of ether oxygens (including phenoxy) is 1. The lowest BCUT2D eigenvalue weighted by Crippen LogP contribution is -2.38. The van der Waals surface area contributed by atoms with Crippen LogP contribution in [-0.4, -0.2) is 27.8 Å². The molecule has 0 aromatic heterocycles. The Morgan fingerprint density at radius 1 is 1.29 bits per heavy atom. The van der Waals surface area contributed by atoms with Crippen LogP contribution < -0.4 is 10.1 Å². The first-order valence-electron chi connectivity index (χ1n) is 7.47. The van der Waals surface area contributed by atoms with Gasteiger partial charge < -0.3 is 10.1 Å². The largest absolute Gasteiger partial charge is 0.495 e. The summed E-state index contributed by atoms with van der Waals surface area (Å²) < 4.78 is 28.7. The molecule has 0 bridgehead atoms. The van der Waals surface area contributed by atoms with Crippen molar-refractivity contribution in [1.29, 1.82) is 0 Å².